The van der Waals surface area contributed by atoms with Crippen molar-refractivity contribution in [1.82, 2.24) is 14.8 Å². The van der Waals surface area contributed by atoms with Crippen LogP contribution < -0.4 is 0 Å². The minimum atomic E-state index is 0.0704. The fourth-order valence-corrected chi connectivity index (χ4v) is 1.67. The number of carbonyl (C=O) groups excluding carboxylic acids is 1. The average molecular weight is 215 g/mol. The van der Waals surface area contributed by atoms with Crippen LogP contribution in [-0.4, -0.2) is 41.0 Å². The van der Waals surface area contributed by atoms with E-state index in [1.807, 2.05) is 13.1 Å². The molecule has 0 radical (unpaired) electrons. The fourth-order valence-electron chi connectivity index (χ4n) is 1.67. The normalized spacial score (nSPS) is 15.4. The molecule has 1 fully saturated rings. The van der Waals surface area contributed by atoms with Crippen molar-refractivity contribution >= 4 is 6.03 Å². The van der Waals surface area contributed by atoms with Gasteiger partial charge in [-0.25, -0.2) is 9.78 Å². The third-order valence-corrected chi connectivity index (χ3v) is 2.65. The number of likely N-dealkylation sites (N-methyl/N-ethyl adjacent to an activating group) is 1. The average Bonchev–Trinajstić information content (AvgIpc) is 2.62. The Kier molecular flexibility index (Phi) is 2.78. The summed E-state index contributed by atoms with van der Waals surface area (Å²) in [5.41, 5.74) is 1.62. The monoisotopic (exact) mass is 215 g/mol. The van der Waals surface area contributed by atoms with Crippen LogP contribution in [0.3, 0.4) is 0 Å². The first-order valence-electron chi connectivity index (χ1n) is 5.12. The van der Waals surface area contributed by atoms with Gasteiger partial charge in [-0.2, -0.15) is 0 Å². The molecule has 1 aromatic heterocycles. The highest BCUT2D eigenvalue weighted by Gasteiger charge is 2.24. The Morgan fingerprint density at radius 2 is 2.31 bits per heavy atom. The van der Waals surface area contributed by atoms with Crippen molar-refractivity contribution < 1.29 is 4.79 Å². The largest absolute Gasteiger partial charge is 0.326 e. The van der Waals surface area contributed by atoms with Gasteiger partial charge in [0.2, 0.25) is 0 Å². The van der Waals surface area contributed by atoms with Gasteiger partial charge >= 0.3 is 6.03 Å². The third-order valence-electron chi connectivity index (χ3n) is 2.65. The quantitative estimate of drug-likeness (QED) is 0.688. The standard InChI is InChI=1S/C12H13N3O/c1-3-11-5-4-10(8-13-11)9-15-7-6-14(2)12(15)16/h1,4-5,8H,6-7,9H2,2H3. The second-order valence-electron chi connectivity index (χ2n) is 3.82. The molecule has 2 heterocycles. The van der Waals surface area contributed by atoms with Gasteiger partial charge in [0.05, 0.1) is 0 Å². The molecular weight excluding hydrogens is 202 g/mol. The zero-order chi connectivity index (χ0) is 11.5. The van der Waals surface area contributed by atoms with Gasteiger partial charge in [0.15, 0.2) is 0 Å². The first-order valence-corrected chi connectivity index (χ1v) is 5.12. The number of nitrogens with zero attached hydrogens (tertiary/aromatic N) is 3. The Balaban J connectivity index is 2.05. The molecule has 0 atom stereocenters. The Bertz CT molecular complexity index is 433. The van der Waals surface area contributed by atoms with Crippen LogP contribution in [0.25, 0.3) is 0 Å². The van der Waals surface area contributed by atoms with Crippen molar-refractivity contribution in [2.75, 3.05) is 20.1 Å². The maximum atomic E-state index is 11.6. The van der Waals surface area contributed by atoms with Crippen LogP contribution >= 0.6 is 0 Å². The van der Waals surface area contributed by atoms with Crippen LogP contribution in [0.5, 0.6) is 0 Å². The molecule has 1 aliphatic rings. The van der Waals surface area contributed by atoms with E-state index in [1.54, 1.807) is 22.1 Å². The lowest BCUT2D eigenvalue weighted by atomic mass is 10.2. The predicted octanol–water partition coefficient (Wildman–Crippen LogP) is 0.930. The van der Waals surface area contributed by atoms with Crippen LogP contribution in [0.1, 0.15) is 11.3 Å². The van der Waals surface area contributed by atoms with E-state index in [9.17, 15) is 4.79 Å². The summed E-state index contributed by atoms with van der Waals surface area (Å²) < 4.78 is 0. The summed E-state index contributed by atoms with van der Waals surface area (Å²) in [6.45, 7) is 2.15. The van der Waals surface area contributed by atoms with Crippen molar-refractivity contribution in [2.45, 2.75) is 6.54 Å². The van der Waals surface area contributed by atoms with E-state index in [1.165, 1.54) is 0 Å². The number of aromatic nitrogens is 1. The molecule has 16 heavy (non-hydrogen) atoms. The van der Waals surface area contributed by atoms with Gasteiger partial charge in [-0.1, -0.05) is 12.0 Å². The zero-order valence-electron chi connectivity index (χ0n) is 9.18. The van der Waals surface area contributed by atoms with Crippen molar-refractivity contribution in [2.24, 2.45) is 0 Å². The summed E-state index contributed by atoms with van der Waals surface area (Å²) in [4.78, 5) is 19.2. The molecule has 2 amide bonds. The number of hydrogen-bond donors (Lipinski definition) is 0. The summed E-state index contributed by atoms with van der Waals surface area (Å²) in [5.74, 6) is 2.46. The Labute approximate surface area is 94.9 Å². The van der Waals surface area contributed by atoms with E-state index in [4.69, 9.17) is 6.42 Å². The highest BCUT2D eigenvalue weighted by Crippen LogP contribution is 2.11. The second-order valence-corrected chi connectivity index (χ2v) is 3.82. The number of urea groups is 1. The Morgan fingerprint density at radius 3 is 2.81 bits per heavy atom. The lowest BCUT2D eigenvalue weighted by Crippen LogP contribution is -2.28. The van der Waals surface area contributed by atoms with Gasteiger partial charge < -0.3 is 9.80 Å². The number of carbonyl (C=O) groups is 1. The van der Waals surface area contributed by atoms with Gasteiger partial charge in [0, 0.05) is 32.9 Å². The summed E-state index contributed by atoms with van der Waals surface area (Å²) in [7, 11) is 1.81. The maximum absolute atomic E-state index is 11.6. The molecule has 4 nitrogen and oxygen atoms in total. The molecule has 1 aromatic rings. The molecule has 2 rings (SSSR count). The lowest BCUT2D eigenvalue weighted by Gasteiger charge is -2.15. The highest BCUT2D eigenvalue weighted by atomic mass is 16.2. The fraction of sp³-hybridized carbons (Fsp3) is 0.333. The first kappa shape index (κ1) is 10.5. The van der Waals surface area contributed by atoms with Crippen LogP contribution in [-0.2, 0) is 6.54 Å². The highest BCUT2D eigenvalue weighted by molar-refractivity contribution is 5.76. The second kappa shape index (κ2) is 4.23. The van der Waals surface area contributed by atoms with Crippen LogP contribution in [0.2, 0.25) is 0 Å². The number of terminal acetylenes is 1. The minimum Gasteiger partial charge on any atom is -0.326 e. The lowest BCUT2D eigenvalue weighted by molar-refractivity contribution is 0.197. The molecule has 0 aliphatic carbocycles. The molecule has 0 bridgehead atoms. The smallest absolute Gasteiger partial charge is 0.320 e. The molecule has 0 spiro atoms. The van der Waals surface area contributed by atoms with E-state index in [0.717, 1.165) is 18.7 Å². The molecule has 0 aromatic carbocycles. The summed E-state index contributed by atoms with van der Waals surface area (Å²) in [5, 5.41) is 0. The van der Waals surface area contributed by atoms with Gasteiger partial charge in [-0.3, -0.25) is 0 Å². The number of amides is 2. The van der Waals surface area contributed by atoms with E-state index in [0.29, 0.717) is 12.2 Å². The first-order chi connectivity index (χ1) is 7.70. The molecule has 1 aliphatic heterocycles. The van der Waals surface area contributed by atoms with Crippen molar-refractivity contribution in [1.29, 1.82) is 0 Å². The van der Waals surface area contributed by atoms with Gasteiger partial charge in [-0.05, 0) is 11.6 Å². The minimum absolute atomic E-state index is 0.0704. The molecular formula is C12H13N3O. The summed E-state index contributed by atoms with van der Waals surface area (Å²) in [6, 6.07) is 3.77. The van der Waals surface area contributed by atoms with Crippen LogP contribution in [0.4, 0.5) is 4.79 Å². The zero-order valence-corrected chi connectivity index (χ0v) is 9.18. The number of rotatable bonds is 2. The Hall–Kier alpha value is -2.02. The molecule has 0 N–H and O–H groups in total. The van der Waals surface area contributed by atoms with E-state index in [-0.39, 0.29) is 6.03 Å². The molecule has 82 valence electrons. The van der Waals surface area contributed by atoms with Crippen LogP contribution in [0.15, 0.2) is 18.3 Å². The number of pyridine rings is 1. The van der Waals surface area contributed by atoms with E-state index < -0.39 is 0 Å². The van der Waals surface area contributed by atoms with Crippen molar-refractivity contribution in [3.8, 4) is 12.3 Å². The van der Waals surface area contributed by atoms with Gasteiger partial charge in [0.25, 0.3) is 0 Å². The summed E-state index contributed by atoms with van der Waals surface area (Å²) >= 11 is 0. The molecule has 0 unspecified atom stereocenters. The topological polar surface area (TPSA) is 36.4 Å². The van der Waals surface area contributed by atoms with Gasteiger partial charge in [0.1, 0.15) is 5.69 Å². The Morgan fingerprint density at radius 1 is 1.50 bits per heavy atom. The van der Waals surface area contributed by atoms with Gasteiger partial charge in [-0.15, -0.1) is 6.42 Å². The SMILES string of the molecule is C#Cc1ccc(CN2CCN(C)C2=O)cn1. The van der Waals surface area contributed by atoms with Crippen molar-refractivity contribution in [3.05, 3.63) is 29.6 Å². The van der Waals surface area contributed by atoms with Crippen molar-refractivity contribution in [3.63, 3.8) is 0 Å². The molecule has 4 heteroatoms. The summed E-state index contributed by atoms with van der Waals surface area (Å²) in [6.07, 6.45) is 6.94. The third kappa shape index (κ3) is 1.98. The number of hydrogen-bond acceptors (Lipinski definition) is 2. The predicted molar refractivity (Wildman–Crippen MR) is 60.6 cm³/mol. The maximum Gasteiger partial charge on any atom is 0.320 e. The van der Waals surface area contributed by atoms with Crippen LogP contribution in [0, 0.1) is 12.3 Å². The molecule has 1 saturated heterocycles. The van der Waals surface area contributed by atoms with E-state index >= 15 is 0 Å². The molecule has 0 saturated carbocycles. The van der Waals surface area contributed by atoms with E-state index in [2.05, 4.69) is 10.9 Å².